The molecule has 18 heavy (non-hydrogen) atoms. The molecule has 2 rings (SSSR count). The zero-order valence-corrected chi connectivity index (χ0v) is 12.2. The molecule has 0 saturated heterocycles. The molecule has 0 aliphatic rings. The molecule has 0 amide bonds. The minimum atomic E-state index is 0.193. The number of hydrogen-bond donors (Lipinski definition) is 1. The number of benzene rings is 1. The van der Waals surface area contributed by atoms with Crippen molar-refractivity contribution in [3.63, 3.8) is 0 Å². The van der Waals surface area contributed by atoms with E-state index < -0.39 is 0 Å². The van der Waals surface area contributed by atoms with Gasteiger partial charge in [-0.1, -0.05) is 31.5 Å². The number of nitrogens with two attached hydrogens (primary N) is 1. The Morgan fingerprint density at radius 3 is 2.67 bits per heavy atom. The van der Waals surface area contributed by atoms with Crippen molar-refractivity contribution in [2.75, 3.05) is 0 Å². The number of thiophene rings is 1. The lowest BCUT2D eigenvalue weighted by atomic mass is 10.0. The maximum absolute atomic E-state index is 6.18. The van der Waals surface area contributed by atoms with Crippen LogP contribution in [0.3, 0.4) is 0 Å². The molecule has 0 aliphatic carbocycles. The van der Waals surface area contributed by atoms with E-state index in [1.54, 1.807) is 0 Å². The van der Waals surface area contributed by atoms with Gasteiger partial charge < -0.3 is 5.73 Å². The van der Waals surface area contributed by atoms with E-state index in [4.69, 9.17) is 5.73 Å². The van der Waals surface area contributed by atoms with Gasteiger partial charge in [-0.3, -0.25) is 0 Å². The fourth-order valence-electron chi connectivity index (χ4n) is 2.17. The molecule has 2 aromatic rings. The van der Waals surface area contributed by atoms with Crippen LogP contribution >= 0.6 is 11.3 Å². The largest absolute Gasteiger partial charge is 0.323 e. The van der Waals surface area contributed by atoms with Crippen LogP contribution < -0.4 is 5.73 Å². The van der Waals surface area contributed by atoms with Gasteiger partial charge >= 0.3 is 0 Å². The lowest BCUT2D eigenvalue weighted by Crippen LogP contribution is -2.07. The Kier molecular flexibility index (Phi) is 4.20. The van der Waals surface area contributed by atoms with Gasteiger partial charge in [0.2, 0.25) is 0 Å². The summed E-state index contributed by atoms with van der Waals surface area (Å²) in [6.07, 6.45) is 2.20. The third kappa shape index (κ3) is 2.65. The van der Waals surface area contributed by atoms with Gasteiger partial charge in [-0.25, -0.2) is 0 Å². The highest BCUT2D eigenvalue weighted by Crippen LogP contribution is 2.34. The third-order valence-corrected chi connectivity index (χ3v) is 4.71. The summed E-state index contributed by atoms with van der Waals surface area (Å²) in [5.74, 6) is 0. The molecule has 0 aliphatic heterocycles. The summed E-state index contributed by atoms with van der Waals surface area (Å²) in [5, 5.41) is 0. The normalized spacial score (nSPS) is 12.7. The molecule has 0 fully saturated rings. The zero-order chi connectivity index (χ0) is 13.1. The van der Waals surface area contributed by atoms with Crippen molar-refractivity contribution in [2.45, 2.75) is 39.7 Å². The summed E-state index contributed by atoms with van der Waals surface area (Å²) in [6, 6.07) is 11.1. The van der Waals surface area contributed by atoms with E-state index in [0.29, 0.717) is 0 Å². The molecule has 0 bridgehead atoms. The van der Waals surface area contributed by atoms with Crippen LogP contribution in [0.1, 0.15) is 41.8 Å². The summed E-state index contributed by atoms with van der Waals surface area (Å²) in [6.45, 7) is 6.53. The molecule has 0 saturated carbocycles. The van der Waals surface area contributed by atoms with E-state index in [0.717, 1.165) is 12.8 Å². The number of rotatable bonds is 4. The predicted molar refractivity (Wildman–Crippen MR) is 81.1 cm³/mol. The van der Waals surface area contributed by atoms with Gasteiger partial charge in [-0.2, -0.15) is 0 Å². The van der Waals surface area contributed by atoms with E-state index >= 15 is 0 Å². The van der Waals surface area contributed by atoms with Crippen molar-refractivity contribution in [1.82, 2.24) is 0 Å². The van der Waals surface area contributed by atoms with Gasteiger partial charge in [0, 0.05) is 15.8 Å². The van der Waals surface area contributed by atoms with E-state index in [2.05, 4.69) is 51.1 Å². The van der Waals surface area contributed by atoms with Gasteiger partial charge in [0.25, 0.3) is 0 Å². The first-order valence-corrected chi connectivity index (χ1v) is 7.37. The molecule has 1 heterocycles. The highest BCUT2D eigenvalue weighted by atomic mass is 32.1. The van der Waals surface area contributed by atoms with Crippen molar-refractivity contribution in [3.8, 4) is 10.4 Å². The van der Waals surface area contributed by atoms with Crippen molar-refractivity contribution in [3.05, 3.63) is 46.3 Å². The van der Waals surface area contributed by atoms with Gasteiger partial charge in [0.1, 0.15) is 0 Å². The number of aryl methyl sites for hydroxylation is 1. The Hall–Kier alpha value is -1.12. The Morgan fingerprint density at radius 2 is 1.94 bits per heavy atom. The van der Waals surface area contributed by atoms with Crippen LogP contribution in [-0.2, 0) is 0 Å². The Bertz CT molecular complexity index is 528. The van der Waals surface area contributed by atoms with Gasteiger partial charge in [0.05, 0.1) is 0 Å². The van der Waals surface area contributed by atoms with Crippen molar-refractivity contribution < 1.29 is 0 Å². The molecule has 1 aromatic heterocycles. The van der Waals surface area contributed by atoms with Crippen LogP contribution in [0.15, 0.2) is 30.3 Å². The smallest absolute Gasteiger partial charge is 0.0389 e. The average Bonchev–Trinajstić information content (AvgIpc) is 2.82. The second kappa shape index (κ2) is 5.68. The Morgan fingerprint density at radius 1 is 1.17 bits per heavy atom. The molecule has 1 aromatic carbocycles. The molecule has 2 heteroatoms. The van der Waals surface area contributed by atoms with Gasteiger partial charge in [0.15, 0.2) is 0 Å². The lowest BCUT2D eigenvalue weighted by Gasteiger charge is -2.08. The molecular weight excluding hydrogens is 238 g/mol. The third-order valence-electron chi connectivity index (χ3n) is 3.46. The summed E-state index contributed by atoms with van der Waals surface area (Å²) in [7, 11) is 0. The molecule has 1 atom stereocenters. The predicted octanol–water partition coefficient (Wildman–Crippen LogP) is 4.83. The van der Waals surface area contributed by atoms with E-state index in [1.807, 2.05) is 11.3 Å². The minimum Gasteiger partial charge on any atom is -0.323 e. The van der Waals surface area contributed by atoms with Crippen molar-refractivity contribution >= 4 is 11.3 Å². The number of hydrogen-bond acceptors (Lipinski definition) is 2. The average molecular weight is 259 g/mol. The lowest BCUT2D eigenvalue weighted by molar-refractivity contribution is 0.648. The van der Waals surface area contributed by atoms with Crippen LogP contribution in [0.4, 0.5) is 0 Å². The Balaban J connectivity index is 2.32. The first-order chi connectivity index (χ1) is 8.63. The van der Waals surface area contributed by atoms with E-state index in [-0.39, 0.29) is 6.04 Å². The highest BCUT2D eigenvalue weighted by molar-refractivity contribution is 7.15. The minimum absolute atomic E-state index is 0.193. The second-order valence-electron chi connectivity index (χ2n) is 4.84. The first kappa shape index (κ1) is 13.3. The van der Waals surface area contributed by atoms with Crippen LogP contribution in [0.25, 0.3) is 10.4 Å². The topological polar surface area (TPSA) is 26.0 Å². The van der Waals surface area contributed by atoms with Gasteiger partial charge in [-0.15, -0.1) is 11.3 Å². The Labute approximate surface area is 114 Å². The summed E-state index contributed by atoms with van der Waals surface area (Å²) in [4.78, 5) is 2.63. The van der Waals surface area contributed by atoms with Crippen LogP contribution in [0.5, 0.6) is 0 Å². The zero-order valence-electron chi connectivity index (χ0n) is 11.4. The second-order valence-corrected chi connectivity index (χ2v) is 5.96. The summed E-state index contributed by atoms with van der Waals surface area (Å²) < 4.78 is 0. The molecule has 96 valence electrons. The summed E-state index contributed by atoms with van der Waals surface area (Å²) in [5.41, 5.74) is 10.2. The monoisotopic (exact) mass is 259 g/mol. The quantitative estimate of drug-likeness (QED) is 0.836. The van der Waals surface area contributed by atoms with Gasteiger partial charge in [-0.05, 0) is 49.1 Å². The standard InChI is InChI=1S/C16H21NS/c1-4-6-14(17)16-10-9-15(18-16)13-8-5-7-11(2)12(13)3/h5,7-10,14H,4,6,17H2,1-3H3. The fraction of sp³-hybridized carbons (Fsp3) is 0.375. The van der Waals surface area contributed by atoms with Crippen LogP contribution in [0.2, 0.25) is 0 Å². The van der Waals surface area contributed by atoms with E-state index in [9.17, 15) is 0 Å². The molecule has 2 N–H and O–H groups in total. The van der Waals surface area contributed by atoms with E-state index in [1.165, 1.54) is 26.4 Å². The molecule has 1 nitrogen and oxygen atoms in total. The molecular formula is C16H21NS. The maximum Gasteiger partial charge on any atom is 0.0389 e. The van der Waals surface area contributed by atoms with Crippen molar-refractivity contribution in [2.24, 2.45) is 5.73 Å². The molecule has 0 spiro atoms. The molecule has 1 unspecified atom stereocenters. The fourth-order valence-corrected chi connectivity index (χ4v) is 3.29. The van der Waals surface area contributed by atoms with Crippen LogP contribution in [-0.4, -0.2) is 0 Å². The van der Waals surface area contributed by atoms with Crippen LogP contribution in [0, 0.1) is 13.8 Å². The highest BCUT2D eigenvalue weighted by Gasteiger charge is 2.11. The van der Waals surface area contributed by atoms with Crippen molar-refractivity contribution in [1.29, 1.82) is 0 Å². The maximum atomic E-state index is 6.18. The first-order valence-electron chi connectivity index (χ1n) is 6.55. The summed E-state index contributed by atoms with van der Waals surface area (Å²) >= 11 is 1.83. The SMILES string of the molecule is CCCC(N)c1ccc(-c2cccc(C)c2C)s1. The molecule has 0 radical (unpaired) electrons.